The number of hydrogen-bond acceptors (Lipinski definition) is 6. The van der Waals surface area contributed by atoms with Gasteiger partial charge in [-0.15, -0.1) is 0 Å². The zero-order valence-corrected chi connectivity index (χ0v) is 18.7. The number of nitro groups is 1. The monoisotopic (exact) mass is 481 g/mol. The molecule has 2 aromatic heterocycles. The van der Waals surface area contributed by atoms with Gasteiger partial charge in [0, 0.05) is 30.3 Å². The number of halogens is 1. The minimum absolute atomic E-state index is 0.0456. The Morgan fingerprint density at radius 1 is 1.18 bits per heavy atom. The SMILES string of the molecule is O=c1c2c(ncn2Cc2cccc([N+](=O)[O-])c2)n(-c2ccc(Cl)cc2)c(=O)n1CC1CCCO1. The Kier molecular flexibility index (Phi) is 5.76. The van der Waals surface area contributed by atoms with Crippen LogP contribution in [0.2, 0.25) is 5.02 Å². The van der Waals surface area contributed by atoms with Crippen molar-refractivity contribution in [3.63, 3.8) is 0 Å². The summed E-state index contributed by atoms with van der Waals surface area (Å²) in [6, 6.07) is 12.9. The van der Waals surface area contributed by atoms with Gasteiger partial charge in [0.25, 0.3) is 11.2 Å². The number of ether oxygens (including phenoxy) is 1. The summed E-state index contributed by atoms with van der Waals surface area (Å²) in [6.07, 6.45) is 2.87. The maximum absolute atomic E-state index is 13.5. The summed E-state index contributed by atoms with van der Waals surface area (Å²) in [5.41, 5.74) is 0.518. The van der Waals surface area contributed by atoms with E-state index in [1.54, 1.807) is 41.0 Å². The average molecular weight is 482 g/mol. The van der Waals surface area contributed by atoms with Gasteiger partial charge in [-0.1, -0.05) is 23.7 Å². The third-order valence-electron chi connectivity index (χ3n) is 5.87. The van der Waals surface area contributed by atoms with Crippen LogP contribution >= 0.6 is 11.6 Å². The van der Waals surface area contributed by atoms with Crippen LogP contribution in [0.15, 0.2) is 64.4 Å². The highest BCUT2D eigenvalue weighted by molar-refractivity contribution is 6.30. The van der Waals surface area contributed by atoms with E-state index in [1.807, 2.05) is 0 Å². The fraction of sp³-hybridized carbons (Fsp3) is 0.261. The maximum Gasteiger partial charge on any atom is 0.337 e. The number of hydrogen-bond donors (Lipinski definition) is 0. The van der Waals surface area contributed by atoms with Crippen LogP contribution in [0.4, 0.5) is 5.69 Å². The Hall–Kier alpha value is -3.76. The van der Waals surface area contributed by atoms with Gasteiger partial charge < -0.3 is 9.30 Å². The minimum Gasteiger partial charge on any atom is -0.376 e. The quantitative estimate of drug-likeness (QED) is 0.309. The van der Waals surface area contributed by atoms with E-state index in [9.17, 15) is 19.7 Å². The Morgan fingerprint density at radius 3 is 2.68 bits per heavy atom. The molecule has 1 unspecified atom stereocenters. The molecule has 0 N–H and O–H groups in total. The van der Waals surface area contributed by atoms with Crippen LogP contribution in [0, 0.1) is 10.1 Å². The highest BCUT2D eigenvalue weighted by Crippen LogP contribution is 2.19. The molecule has 10 nitrogen and oxygen atoms in total. The van der Waals surface area contributed by atoms with E-state index in [1.165, 1.54) is 27.6 Å². The first-order valence-corrected chi connectivity index (χ1v) is 11.1. The smallest absolute Gasteiger partial charge is 0.337 e. The van der Waals surface area contributed by atoms with Crippen LogP contribution in [0.3, 0.4) is 0 Å². The summed E-state index contributed by atoms with van der Waals surface area (Å²) >= 11 is 6.03. The molecule has 1 aliphatic heterocycles. The van der Waals surface area contributed by atoms with Crippen LogP contribution in [-0.4, -0.2) is 36.3 Å². The molecule has 1 saturated heterocycles. The van der Waals surface area contributed by atoms with Crippen LogP contribution in [0.25, 0.3) is 16.9 Å². The van der Waals surface area contributed by atoms with Crippen molar-refractivity contribution >= 4 is 28.5 Å². The van der Waals surface area contributed by atoms with Crippen LogP contribution in [-0.2, 0) is 17.8 Å². The largest absolute Gasteiger partial charge is 0.376 e. The summed E-state index contributed by atoms with van der Waals surface area (Å²) in [5, 5.41) is 11.7. The van der Waals surface area contributed by atoms with E-state index in [-0.39, 0.29) is 36.0 Å². The van der Waals surface area contributed by atoms with Crippen molar-refractivity contribution in [3.05, 3.63) is 96.4 Å². The molecular formula is C23H20ClN5O5. The van der Waals surface area contributed by atoms with E-state index in [0.717, 1.165) is 12.8 Å². The van der Waals surface area contributed by atoms with Crippen molar-refractivity contribution in [3.8, 4) is 5.69 Å². The predicted molar refractivity (Wildman–Crippen MR) is 126 cm³/mol. The molecular weight excluding hydrogens is 462 g/mol. The topological polar surface area (TPSA) is 114 Å². The molecule has 0 spiro atoms. The number of rotatable bonds is 6. The zero-order valence-electron chi connectivity index (χ0n) is 18.0. The summed E-state index contributed by atoms with van der Waals surface area (Å²) < 4.78 is 9.84. The molecule has 0 saturated carbocycles. The number of aromatic nitrogens is 4. The molecule has 3 heterocycles. The number of benzene rings is 2. The summed E-state index contributed by atoms with van der Waals surface area (Å²) in [7, 11) is 0. The Morgan fingerprint density at radius 2 is 1.97 bits per heavy atom. The predicted octanol–water partition coefficient (Wildman–Crippen LogP) is 3.14. The van der Waals surface area contributed by atoms with Crippen molar-refractivity contribution in [1.82, 2.24) is 18.7 Å². The minimum atomic E-state index is -0.518. The lowest BCUT2D eigenvalue weighted by molar-refractivity contribution is -0.384. The van der Waals surface area contributed by atoms with Gasteiger partial charge in [-0.3, -0.25) is 19.5 Å². The van der Waals surface area contributed by atoms with Gasteiger partial charge in [0.2, 0.25) is 0 Å². The molecule has 5 rings (SSSR count). The first-order chi connectivity index (χ1) is 16.4. The molecule has 1 atom stereocenters. The number of nitro benzene ring substituents is 1. The van der Waals surface area contributed by atoms with Gasteiger partial charge in [0.05, 0.1) is 29.6 Å². The van der Waals surface area contributed by atoms with Gasteiger partial charge >= 0.3 is 5.69 Å². The Balaban J connectivity index is 1.70. The van der Waals surface area contributed by atoms with Gasteiger partial charge in [-0.05, 0) is 42.7 Å². The summed E-state index contributed by atoms with van der Waals surface area (Å²) in [6.45, 7) is 0.896. The molecule has 1 fully saturated rings. The van der Waals surface area contributed by atoms with Gasteiger partial charge in [0.15, 0.2) is 11.2 Å². The van der Waals surface area contributed by atoms with E-state index in [4.69, 9.17) is 16.3 Å². The molecule has 0 amide bonds. The second-order valence-corrected chi connectivity index (χ2v) is 8.55. The van der Waals surface area contributed by atoms with Crippen LogP contribution in [0.5, 0.6) is 0 Å². The zero-order chi connectivity index (χ0) is 23.8. The van der Waals surface area contributed by atoms with Crippen LogP contribution in [0.1, 0.15) is 18.4 Å². The van der Waals surface area contributed by atoms with Gasteiger partial charge in [0.1, 0.15) is 0 Å². The molecule has 0 aliphatic carbocycles. The average Bonchev–Trinajstić information content (AvgIpc) is 3.48. The second-order valence-electron chi connectivity index (χ2n) is 8.12. The normalized spacial score (nSPS) is 15.7. The van der Waals surface area contributed by atoms with Crippen molar-refractivity contribution in [1.29, 1.82) is 0 Å². The Bertz CT molecular complexity index is 1500. The molecule has 2 aromatic carbocycles. The lowest BCUT2D eigenvalue weighted by Gasteiger charge is -2.15. The van der Waals surface area contributed by atoms with Crippen molar-refractivity contribution in [2.75, 3.05) is 6.61 Å². The number of non-ortho nitro benzene ring substituents is 1. The third-order valence-corrected chi connectivity index (χ3v) is 6.12. The maximum atomic E-state index is 13.5. The summed E-state index contributed by atoms with van der Waals surface area (Å²) in [4.78, 5) is 42.1. The van der Waals surface area contributed by atoms with Crippen molar-refractivity contribution in [2.24, 2.45) is 0 Å². The van der Waals surface area contributed by atoms with Crippen LogP contribution < -0.4 is 11.2 Å². The first-order valence-electron chi connectivity index (χ1n) is 10.7. The first kappa shape index (κ1) is 22.1. The lowest BCUT2D eigenvalue weighted by atomic mass is 10.2. The molecule has 4 aromatic rings. The van der Waals surface area contributed by atoms with Crippen molar-refractivity contribution < 1.29 is 9.66 Å². The van der Waals surface area contributed by atoms with Gasteiger partial charge in [-0.25, -0.2) is 14.3 Å². The Labute approximate surface area is 197 Å². The fourth-order valence-electron chi connectivity index (χ4n) is 4.24. The molecule has 34 heavy (non-hydrogen) atoms. The number of fused-ring (bicyclic) bond motifs is 1. The number of nitrogens with zero attached hydrogens (tertiary/aromatic N) is 5. The molecule has 1 aliphatic rings. The molecule has 0 radical (unpaired) electrons. The lowest BCUT2D eigenvalue weighted by Crippen LogP contribution is -2.42. The third kappa shape index (κ3) is 4.02. The number of imidazole rings is 1. The summed E-state index contributed by atoms with van der Waals surface area (Å²) in [5.74, 6) is 0. The highest BCUT2D eigenvalue weighted by atomic mass is 35.5. The van der Waals surface area contributed by atoms with E-state index in [0.29, 0.717) is 22.9 Å². The van der Waals surface area contributed by atoms with E-state index < -0.39 is 16.2 Å². The molecule has 11 heteroatoms. The molecule has 174 valence electrons. The van der Waals surface area contributed by atoms with Gasteiger partial charge in [-0.2, -0.15) is 0 Å². The standard InChI is InChI=1S/C23H20ClN5O5/c24-16-6-8-17(9-7-16)28-21-20(22(30)27(23(28)31)13-19-5-2-10-34-19)26(14-25-21)12-15-3-1-4-18(11-15)29(32)33/h1,3-4,6-9,11,14,19H,2,5,10,12-13H2. The fourth-order valence-corrected chi connectivity index (χ4v) is 4.37. The second kappa shape index (κ2) is 8.88. The highest BCUT2D eigenvalue weighted by Gasteiger charge is 2.23. The van der Waals surface area contributed by atoms with E-state index >= 15 is 0 Å². The van der Waals surface area contributed by atoms with Crippen molar-refractivity contribution in [2.45, 2.75) is 32.0 Å². The molecule has 0 bridgehead atoms. The van der Waals surface area contributed by atoms with E-state index in [2.05, 4.69) is 4.98 Å².